The molecule has 2 atom stereocenters. The summed E-state index contributed by atoms with van der Waals surface area (Å²) in [4.78, 5) is 27.3. The van der Waals surface area contributed by atoms with E-state index in [4.69, 9.17) is 0 Å². The van der Waals surface area contributed by atoms with Crippen molar-refractivity contribution < 1.29 is 9.90 Å². The van der Waals surface area contributed by atoms with Crippen molar-refractivity contribution in [3.63, 3.8) is 0 Å². The van der Waals surface area contributed by atoms with Crippen LogP contribution in [0.15, 0.2) is 35.1 Å². The van der Waals surface area contributed by atoms with Gasteiger partial charge in [-0.2, -0.15) is 0 Å². The number of amides is 1. The Hall–Kier alpha value is -2.38. The van der Waals surface area contributed by atoms with Gasteiger partial charge in [0.15, 0.2) is 0 Å². The molecule has 1 amide bonds. The van der Waals surface area contributed by atoms with E-state index in [1.54, 1.807) is 25.6 Å². The highest BCUT2D eigenvalue weighted by atomic mass is 16.3. The summed E-state index contributed by atoms with van der Waals surface area (Å²) < 4.78 is 3.27. The third-order valence-electron chi connectivity index (χ3n) is 4.92. The Bertz CT molecular complexity index is 825. The fourth-order valence-corrected chi connectivity index (χ4v) is 3.23. The van der Waals surface area contributed by atoms with Gasteiger partial charge in [-0.15, -0.1) is 0 Å². The first-order valence-electron chi connectivity index (χ1n) is 8.47. The number of carbonyl (C=O) groups excluding carboxylic acids is 1. The molecule has 0 spiro atoms. The van der Waals surface area contributed by atoms with E-state index >= 15 is 0 Å². The summed E-state index contributed by atoms with van der Waals surface area (Å²) in [6, 6.07) is 8.91. The smallest absolute Gasteiger partial charge is 0.295 e. The van der Waals surface area contributed by atoms with E-state index in [0.29, 0.717) is 30.9 Å². The first kappa shape index (κ1) is 17.4. The van der Waals surface area contributed by atoms with Crippen LogP contribution < -0.4 is 10.9 Å². The van der Waals surface area contributed by atoms with Crippen LogP contribution >= 0.6 is 0 Å². The SMILES string of the molecule is Cc1c(NC(=O)C(C)N2CC[C@H](O)C2)c(=O)n(-c2ccccc2)n1C. The second-order valence-corrected chi connectivity index (χ2v) is 6.54. The molecule has 2 heterocycles. The number of aromatic nitrogens is 2. The Labute approximate surface area is 146 Å². The van der Waals surface area contributed by atoms with E-state index < -0.39 is 6.04 Å². The number of likely N-dealkylation sites (tertiary alicyclic amines) is 1. The van der Waals surface area contributed by atoms with Crippen molar-refractivity contribution in [1.29, 1.82) is 0 Å². The predicted molar refractivity (Wildman–Crippen MR) is 96.0 cm³/mol. The number of hydrogen-bond acceptors (Lipinski definition) is 4. The molecule has 0 aliphatic carbocycles. The third kappa shape index (κ3) is 3.25. The van der Waals surface area contributed by atoms with Gasteiger partial charge >= 0.3 is 0 Å². The molecule has 0 radical (unpaired) electrons. The summed E-state index contributed by atoms with van der Waals surface area (Å²) in [5.74, 6) is -0.236. The van der Waals surface area contributed by atoms with Crippen molar-refractivity contribution in [2.24, 2.45) is 7.05 Å². The van der Waals surface area contributed by atoms with E-state index in [1.165, 1.54) is 4.68 Å². The predicted octanol–water partition coefficient (Wildman–Crippen LogP) is 0.878. The van der Waals surface area contributed by atoms with E-state index in [0.717, 1.165) is 5.69 Å². The van der Waals surface area contributed by atoms with Gasteiger partial charge in [-0.05, 0) is 32.4 Å². The number of aliphatic hydroxyl groups excluding tert-OH is 1. The van der Waals surface area contributed by atoms with Gasteiger partial charge in [-0.25, -0.2) is 4.68 Å². The average Bonchev–Trinajstić information content (AvgIpc) is 3.12. The lowest BCUT2D eigenvalue weighted by molar-refractivity contribution is -0.120. The second kappa shape index (κ2) is 6.85. The molecule has 0 bridgehead atoms. The number of aliphatic hydroxyl groups is 1. The molecule has 1 unspecified atom stereocenters. The Morgan fingerprint density at radius 2 is 2.00 bits per heavy atom. The fraction of sp³-hybridized carbons (Fsp3) is 0.444. The topological polar surface area (TPSA) is 79.5 Å². The summed E-state index contributed by atoms with van der Waals surface area (Å²) in [6.45, 7) is 4.76. The van der Waals surface area contributed by atoms with Crippen LogP contribution in [0.3, 0.4) is 0 Å². The molecule has 2 N–H and O–H groups in total. The van der Waals surface area contributed by atoms with Crippen molar-refractivity contribution in [2.75, 3.05) is 18.4 Å². The summed E-state index contributed by atoms with van der Waals surface area (Å²) in [6.07, 6.45) is 0.284. The number of anilines is 1. The zero-order chi connectivity index (χ0) is 18.1. The minimum absolute atomic E-state index is 0.236. The molecule has 7 nitrogen and oxygen atoms in total. The lowest BCUT2D eigenvalue weighted by Crippen LogP contribution is -2.41. The summed E-state index contributed by atoms with van der Waals surface area (Å²) in [7, 11) is 1.79. The largest absolute Gasteiger partial charge is 0.392 e. The normalized spacial score (nSPS) is 19.1. The third-order valence-corrected chi connectivity index (χ3v) is 4.92. The molecule has 7 heteroatoms. The molecular formula is C18H24N4O3. The number of β-amino-alcohol motifs (C(OH)–C–C–N with tert-alkyl or cyclic N) is 1. The lowest BCUT2D eigenvalue weighted by Gasteiger charge is -2.22. The monoisotopic (exact) mass is 344 g/mol. The van der Waals surface area contributed by atoms with Crippen LogP contribution in [0.25, 0.3) is 5.69 Å². The van der Waals surface area contributed by atoms with E-state index in [9.17, 15) is 14.7 Å². The fourth-order valence-electron chi connectivity index (χ4n) is 3.23. The molecule has 1 saturated heterocycles. The minimum Gasteiger partial charge on any atom is -0.392 e. The molecule has 1 aromatic carbocycles. The van der Waals surface area contributed by atoms with Gasteiger partial charge in [0, 0.05) is 20.1 Å². The minimum atomic E-state index is -0.402. The zero-order valence-electron chi connectivity index (χ0n) is 14.8. The van der Waals surface area contributed by atoms with Crippen LogP contribution in [-0.4, -0.2) is 50.5 Å². The Morgan fingerprint density at radius 1 is 1.32 bits per heavy atom. The Balaban J connectivity index is 1.86. The molecule has 0 saturated carbocycles. The maximum absolute atomic E-state index is 12.8. The van der Waals surface area contributed by atoms with Gasteiger partial charge in [-0.3, -0.25) is 19.2 Å². The van der Waals surface area contributed by atoms with Crippen molar-refractivity contribution in [3.05, 3.63) is 46.4 Å². The number of nitrogens with one attached hydrogen (secondary N) is 1. The highest BCUT2D eigenvalue weighted by Gasteiger charge is 2.29. The van der Waals surface area contributed by atoms with Crippen molar-refractivity contribution >= 4 is 11.6 Å². The maximum atomic E-state index is 12.8. The highest BCUT2D eigenvalue weighted by Crippen LogP contribution is 2.17. The first-order chi connectivity index (χ1) is 11.9. The second-order valence-electron chi connectivity index (χ2n) is 6.54. The van der Waals surface area contributed by atoms with E-state index in [2.05, 4.69) is 5.32 Å². The van der Waals surface area contributed by atoms with Crippen molar-refractivity contribution in [3.8, 4) is 5.69 Å². The number of rotatable bonds is 4. The molecule has 25 heavy (non-hydrogen) atoms. The lowest BCUT2D eigenvalue weighted by atomic mass is 10.2. The van der Waals surface area contributed by atoms with Crippen LogP contribution in [0, 0.1) is 6.92 Å². The number of benzene rings is 1. The molecule has 1 aromatic heterocycles. The number of para-hydroxylation sites is 1. The molecule has 3 rings (SSSR count). The van der Waals surface area contributed by atoms with Crippen LogP contribution in [0.5, 0.6) is 0 Å². The molecule has 2 aromatic rings. The summed E-state index contributed by atoms with van der Waals surface area (Å²) in [5.41, 5.74) is 1.47. The van der Waals surface area contributed by atoms with Crippen molar-refractivity contribution in [1.82, 2.24) is 14.3 Å². The maximum Gasteiger partial charge on any atom is 0.295 e. The zero-order valence-corrected chi connectivity index (χ0v) is 14.8. The van der Waals surface area contributed by atoms with E-state index in [-0.39, 0.29) is 17.6 Å². The Kier molecular flexibility index (Phi) is 4.78. The molecule has 1 aliphatic rings. The first-order valence-corrected chi connectivity index (χ1v) is 8.47. The van der Waals surface area contributed by atoms with Gasteiger partial charge in [-0.1, -0.05) is 18.2 Å². The van der Waals surface area contributed by atoms with Gasteiger partial charge in [0.05, 0.1) is 23.5 Å². The molecule has 1 aliphatic heterocycles. The van der Waals surface area contributed by atoms with Gasteiger partial charge in [0.1, 0.15) is 5.69 Å². The van der Waals surface area contributed by atoms with Gasteiger partial charge in [0.25, 0.3) is 5.56 Å². The van der Waals surface area contributed by atoms with Crippen LogP contribution in [0.1, 0.15) is 19.0 Å². The van der Waals surface area contributed by atoms with Crippen LogP contribution in [-0.2, 0) is 11.8 Å². The van der Waals surface area contributed by atoms with Crippen LogP contribution in [0.2, 0.25) is 0 Å². The summed E-state index contributed by atoms with van der Waals surface area (Å²) >= 11 is 0. The number of hydrogen-bond donors (Lipinski definition) is 2. The number of nitrogens with zero attached hydrogens (tertiary/aromatic N) is 3. The molecular weight excluding hydrogens is 320 g/mol. The quantitative estimate of drug-likeness (QED) is 0.863. The number of carbonyl (C=O) groups is 1. The standard InChI is InChI=1S/C18H24N4O3/c1-12-16(19-17(24)13(2)21-10-9-15(23)11-21)18(25)22(20(12)3)14-7-5-4-6-8-14/h4-8,13,15,23H,9-11H2,1-3H3,(H,19,24)/t13?,15-/m0/s1. The van der Waals surface area contributed by atoms with Crippen LogP contribution in [0.4, 0.5) is 5.69 Å². The summed E-state index contributed by atoms with van der Waals surface area (Å²) in [5, 5.41) is 12.4. The molecule has 1 fully saturated rings. The molecule has 134 valence electrons. The highest BCUT2D eigenvalue weighted by molar-refractivity contribution is 5.95. The Morgan fingerprint density at radius 3 is 2.60 bits per heavy atom. The van der Waals surface area contributed by atoms with Gasteiger partial charge < -0.3 is 10.4 Å². The van der Waals surface area contributed by atoms with E-state index in [1.807, 2.05) is 35.2 Å². The van der Waals surface area contributed by atoms with Crippen molar-refractivity contribution in [2.45, 2.75) is 32.4 Å². The average molecular weight is 344 g/mol. The van der Waals surface area contributed by atoms with Gasteiger partial charge in [0.2, 0.25) is 5.91 Å².